The Balaban J connectivity index is 2.62. The summed E-state index contributed by atoms with van der Waals surface area (Å²) in [6, 6.07) is 0.165. The quantitative estimate of drug-likeness (QED) is 0.695. The maximum atomic E-state index is 5.71. The molecule has 1 aliphatic heterocycles. The molecule has 88 valence electrons. The van der Waals surface area contributed by atoms with Crippen molar-refractivity contribution in [2.45, 2.75) is 31.6 Å². The molecule has 0 bridgehead atoms. The lowest BCUT2D eigenvalue weighted by atomic mass is 10.2. The van der Waals surface area contributed by atoms with Gasteiger partial charge in [0.15, 0.2) is 0 Å². The SMILES string of the molecule is CCC(C(N)=S)N1CC(OC)C(OC)C1. The number of thiocarbonyl (C=S) groups is 1. The van der Waals surface area contributed by atoms with Gasteiger partial charge in [-0.05, 0) is 6.42 Å². The number of hydrogen-bond acceptors (Lipinski definition) is 4. The first kappa shape index (κ1) is 12.8. The third-order valence-corrected chi connectivity index (χ3v) is 3.28. The lowest BCUT2D eigenvalue weighted by Crippen LogP contribution is -2.42. The summed E-state index contributed by atoms with van der Waals surface area (Å²) < 4.78 is 10.7. The molecule has 0 aromatic heterocycles. The van der Waals surface area contributed by atoms with Crippen molar-refractivity contribution < 1.29 is 9.47 Å². The van der Waals surface area contributed by atoms with Gasteiger partial charge in [-0.1, -0.05) is 19.1 Å². The van der Waals surface area contributed by atoms with Gasteiger partial charge in [0, 0.05) is 27.3 Å². The minimum Gasteiger partial charge on any atom is -0.392 e. The van der Waals surface area contributed by atoms with Crippen molar-refractivity contribution in [3.05, 3.63) is 0 Å². The molecule has 0 aromatic rings. The van der Waals surface area contributed by atoms with Gasteiger partial charge < -0.3 is 15.2 Å². The van der Waals surface area contributed by atoms with E-state index < -0.39 is 0 Å². The van der Waals surface area contributed by atoms with Gasteiger partial charge in [0.25, 0.3) is 0 Å². The van der Waals surface area contributed by atoms with Crippen molar-refractivity contribution in [3.8, 4) is 0 Å². The first-order valence-corrected chi connectivity index (χ1v) is 5.63. The molecule has 0 spiro atoms. The summed E-state index contributed by atoms with van der Waals surface area (Å²) >= 11 is 5.06. The van der Waals surface area contributed by atoms with Crippen LogP contribution in [0.25, 0.3) is 0 Å². The molecule has 15 heavy (non-hydrogen) atoms. The minimum atomic E-state index is 0.124. The number of nitrogens with two attached hydrogens (primary N) is 1. The van der Waals surface area contributed by atoms with Crippen LogP contribution < -0.4 is 5.73 Å². The van der Waals surface area contributed by atoms with Crippen molar-refractivity contribution >= 4 is 17.2 Å². The zero-order chi connectivity index (χ0) is 11.4. The van der Waals surface area contributed by atoms with E-state index in [9.17, 15) is 0 Å². The normalized spacial score (nSPS) is 29.3. The van der Waals surface area contributed by atoms with E-state index >= 15 is 0 Å². The Morgan fingerprint density at radius 2 is 1.87 bits per heavy atom. The van der Waals surface area contributed by atoms with Gasteiger partial charge >= 0.3 is 0 Å². The van der Waals surface area contributed by atoms with E-state index in [1.165, 1.54) is 0 Å². The number of nitrogens with zero attached hydrogens (tertiary/aromatic N) is 1. The Morgan fingerprint density at radius 3 is 2.13 bits per heavy atom. The molecular formula is C10H20N2O2S. The zero-order valence-corrected chi connectivity index (χ0v) is 10.4. The smallest absolute Gasteiger partial charge is 0.0972 e. The fourth-order valence-electron chi connectivity index (χ4n) is 2.12. The van der Waals surface area contributed by atoms with Gasteiger partial charge in [0.05, 0.1) is 23.2 Å². The van der Waals surface area contributed by atoms with E-state index in [-0.39, 0.29) is 18.2 Å². The molecule has 1 saturated heterocycles. The molecule has 1 fully saturated rings. The predicted octanol–water partition coefficient (Wildman–Crippen LogP) is 0.397. The first-order chi connectivity index (χ1) is 7.13. The summed E-state index contributed by atoms with van der Waals surface area (Å²) in [4.78, 5) is 2.80. The highest BCUT2D eigenvalue weighted by molar-refractivity contribution is 7.80. The Morgan fingerprint density at radius 1 is 1.40 bits per heavy atom. The summed E-state index contributed by atoms with van der Waals surface area (Å²) in [5, 5.41) is 0. The number of hydrogen-bond donors (Lipinski definition) is 1. The Bertz CT molecular complexity index is 213. The predicted molar refractivity (Wildman–Crippen MR) is 64.0 cm³/mol. The molecule has 0 radical (unpaired) electrons. The van der Waals surface area contributed by atoms with E-state index in [0.717, 1.165) is 19.5 Å². The van der Waals surface area contributed by atoms with Crippen LogP contribution in [0.4, 0.5) is 0 Å². The first-order valence-electron chi connectivity index (χ1n) is 5.23. The summed E-state index contributed by atoms with van der Waals surface area (Å²) in [7, 11) is 3.42. The topological polar surface area (TPSA) is 47.7 Å². The molecule has 1 aliphatic rings. The fourth-order valence-corrected chi connectivity index (χ4v) is 2.43. The maximum absolute atomic E-state index is 5.71. The van der Waals surface area contributed by atoms with Gasteiger partial charge in [0.1, 0.15) is 0 Å². The lowest BCUT2D eigenvalue weighted by Gasteiger charge is -2.25. The third-order valence-electron chi connectivity index (χ3n) is 3.00. The van der Waals surface area contributed by atoms with E-state index in [4.69, 9.17) is 27.4 Å². The number of methoxy groups -OCH3 is 2. The molecule has 4 nitrogen and oxygen atoms in total. The Hall–Kier alpha value is -0.230. The van der Waals surface area contributed by atoms with E-state index in [1.807, 2.05) is 0 Å². The summed E-state index contributed by atoms with van der Waals surface area (Å²) in [5.41, 5.74) is 5.71. The second-order valence-electron chi connectivity index (χ2n) is 3.83. The lowest BCUT2D eigenvalue weighted by molar-refractivity contribution is -0.00461. The van der Waals surface area contributed by atoms with Crippen LogP contribution in [-0.2, 0) is 9.47 Å². The molecule has 0 saturated carbocycles. The summed E-state index contributed by atoms with van der Waals surface area (Å²) in [6.07, 6.45) is 1.18. The highest BCUT2D eigenvalue weighted by Crippen LogP contribution is 2.19. The van der Waals surface area contributed by atoms with Crippen molar-refractivity contribution in [3.63, 3.8) is 0 Å². The number of ether oxygens (including phenoxy) is 2. The van der Waals surface area contributed by atoms with Crippen LogP contribution in [0.1, 0.15) is 13.3 Å². The minimum absolute atomic E-state index is 0.124. The molecule has 0 amide bonds. The van der Waals surface area contributed by atoms with Gasteiger partial charge in [-0.15, -0.1) is 0 Å². The molecular weight excluding hydrogens is 212 g/mol. The monoisotopic (exact) mass is 232 g/mol. The molecule has 1 rings (SSSR count). The van der Waals surface area contributed by atoms with Crippen LogP contribution in [-0.4, -0.2) is 55.4 Å². The van der Waals surface area contributed by atoms with Crippen molar-refractivity contribution in [1.82, 2.24) is 4.90 Å². The van der Waals surface area contributed by atoms with Crippen LogP contribution in [0.3, 0.4) is 0 Å². The average molecular weight is 232 g/mol. The van der Waals surface area contributed by atoms with E-state index in [1.54, 1.807) is 14.2 Å². The number of likely N-dealkylation sites (tertiary alicyclic amines) is 1. The van der Waals surface area contributed by atoms with Crippen molar-refractivity contribution in [1.29, 1.82) is 0 Å². The van der Waals surface area contributed by atoms with E-state index in [2.05, 4.69) is 11.8 Å². The Kier molecular flexibility index (Phi) is 4.92. The van der Waals surface area contributed by atoms with Crippen LogP contribution in [0, 0.1) is 0 Å². The van der Waals surface area contributed by atoms with Crippen LogP contribution in [0.15, 0.2) is 0 Å². The fraction of sp³-hybridized carbons (Fsp3) is 0.900. The second kappa shape index (κ2) is 5.75. The largest absolute Gasteiger partial charge is 0.392 e. The zero-order valence-electron chi connectivity index (χ0n) is 9.60. The molecule has 0 aromatic carbocycles. The average Bonchev–Trinajstić information content (AvgIpc) is 2.61. The summed E-state index contributed by atoms with van der Waals surface area (Å²) in [5.74, 6) is 0. The highest BCUT2D eigenvalue weighted by atomic mass is 32.1. The second-order valence-corrected chi connectivity index (χ2v) is 4.30. The van der Waals surface area contributed by atoms with Crippen LogP contribution >= 0.6 is 12.2 Å². The van der Waals surface area contributed by atoms with Crippen molar-refractivity contribution in [2.75, 3.05) is 27.3 Å². The van der Waals surface area contributed by atoms with Gasteiger partial charge in [-0.2, -0.15) is 0 Å². The molecule has 0 aliphatic carbocycles. The van der Waals surface area contributed by atoms with Gasteiger partial charge in [0.2, 0.25) is 0 Å². The van der Waals surface area contributed by atoms with Gasteiger partial charge in [-0.3, -0.25) is 4.90 Å². The Labute approximate surface area is 96.7 Å². The van der Waals surface area contributed by atoms with Gasteiger partial charge in [-0.25, -0.2) is 0 Å². The van der Waals surface area contributed by atoms with Crippen LogP contribution in [0.2, 0.25) is 0 Å². The number of rotatable bonds is 5. The summed E-state index contributed by atoms with van der Waals surface area (Å²) in [6.45, 7) is 3.77. The molecule has 1 heterocycles. The van der Waals surface area contributed by atoms with Crippen molar-refractivity contribution in [2.24, 2.45) is 5.73 Å². The maximum Gasteiger partial charge on any atom is 0.0972 e. The third kappa shape index (κ3) is 2.87. The molecule has 3 atom stereocenters. The molecule has 5 heteroatoms. The standard InChI is InChI=1S/C10H20N2O2S/c1-4-7(10(11)15)12-5-8(13-2)9(6-12)14-3/h7-9H,4-6H2,1-3H3,(H2,11,15). The van der Waals surface area contributed by atoms with E-state index in [0.29, 0.717) is 4.99 Å². The highest BCUT2D eigenvalue weighted by Gasteiger charge is 2.36. The molecule has 2 N–H and O–H groups in total. The molecule has 3 unspecified atom stereocenters. The van der Waals surface area contributed by atoms with Crippen LogP contribution in [0.5, 0.6) is 0 Å².